The third-order valence-electron chi connectivity index (χ3n) is 2.66. The second-order valence-electron chi connectivity index (χ2n) is 5.83. The van der Waals surface area contributed by atoms with Crippen LogP contribution >= 0.6 is 11.6 Å². The fourth-order valence-corrected chi connectivity index (χ4v) is 2.01. The minimum absolute atomic E-state index is 0.0201. The highest BCUT2D eigenvalue weighted by atomic mass is 35.5. The first-order chi connectivity index (χ1) is 9.10. The number of benzene rings is 1. The molecule has 2 amide bonds. The number of amides is 2. The van der Waals surface area contributed by atoms with Gasteiger partial charge in [0.05, 0.1) is 0 Å². The zero-order valence-corrected chi connectivity index (χ0v) is 13.3. The first-order valence-corrected chi connectivity index (χ1v) is 6.83. The van der Waals surface area contributed by atoms with Gasteiger partial charge in [-0.2, -0.15) is 0 Å². The number of anilines is 1. The predicted octanol–water partition coefficient (Wildman–Crippen LogP) is 2.92. The van der Waals surface area contributed by atoms with Crippen LogP contribution < -0.4 is 10.2 Å². The lowest BCUT2D eigenvalue weighted by atomic mass is 10.1. The lowest BCUT2D eigenvalue weighted by Gasteiger charge is -2.26. The van der Waals surface area contributed by atoms with Gasteiger partial charge in [-0.3, -0.25) is 9.59 Å². The third kappa shape index (κ3) is 4.85. The van der Waals surface area contributed by atoms with Crippen LogP contribution in [0, 0.1) is 6.92 Å². The van der Waals surface area contributed by atoms with E-state index in [4.69, 9.17) is 11.6 Å². The van der Waals surface area contributed by atoms with Crippen LogP contribution in [-0.4, -0.2) is 23.9 Å². The van der Waals surface area contributed by atoms with Crippen LogP contribution in [0.4, 0.5) is 5.69 Å². The average molecular weight is 297 g/mol. The van der Waals surface area contributed by atoms with Crippen LogP contribution in [0.15, 0.2) is 18.2 Å². The van der Waals surface area contributed by atoms with Crippen LogP contribution in [0.5, 0.6) is 0 Å². The maximum absolute atomic E-state index is 12.0. The number of halogens is 1. The number of carbonyl (C=O) groups excluding carboxylic acids is 2. The average Bonchev–Trinajstić information content (AvgIpc) is 2.27. The Hall–Kier alpha value is -1.55. The Morgan fingerprint density at radius 1 is 1.30 bits per heavy atom. The zero-order chi connectivity index (χ0) is 15.5. The topological polar surface area (TPSA) is 49.4 Å². The highest BCUT2D eigenvalue weighted by Crippen LogP contribution is 2.24. The molecule has 0 radical (unpaired) electrons. The van der Waals surface area contributed by atoms with Gasteiger partial charge in [0.15, 0.2) is 0 Å². The first kappa shape index (κ1) is 16.5. The van der Waals surface area contributed by atoms with Crippen molar-refractivity contribution >= 4 is 29.1 Å². The number of rotatable bonds is 3. The molecule has 5 heteroatoms. The summed E-state index contributed by atoms with van der Waals surface area (Å²) in [5.41, 5.74) is 1.23. The Morgan fingerprint density at radius 2 is 1.90 bits per heavy atom. The molecule has 20 heavy (non-hydrogen) atoms. The molecular weight excluding hydrogens is 276 g/mol. The minimum Gasteiger partial charge on any atom is -0.350 e. The van der Waals surface area contributed by atoms with Crippen molar-refractivity contribution in [3.63, 3.8) is 0 Å². The fourth-order valence-electron chi connectivity index (χ4n) is 1.84. The van der Waals surface area contributed by atoms with E-state index < -0.39 is 0 Å². The highest BCUT2D eigenvalue weighted by molar-refractivity contribution is 6.31. The summed E-state index contributed by atoms with van der Waals surface area (Å²) in [4.78, 5) is 25.2. The smallest absolute Gasteiger partial charge is 0.240 e. The van der Waals surface area contributed by atoms with Gasteiger partial charge in [-0.05, 0) is 45.4 Å². The molecule has 0 aromatic heterocycles. The lowest BCUT2D eigenvalue weighted by Crippen LogP contribution is -2.47. The van der Waals surface area contributed by atoms with Crippen molar-refractivity contribution in [1.82, 2.24) is 5.32 Å². The molecular formula is C15H21ClN2O2. The summed E-state index contributed by atoms with van der Waals surface area (Å²) in [6.45, 7) is 8.98. The molecule has 0 heterocycles. The number of nitrogens with one attached hydrogen (secondary N) is 1. The van der Waals surface area contributed by atoms with Gasteiger partial charge in [-0.25, -0.2) is 0 Å². The molecule has 1 aromatic carbocycles. The van der Waals surface area contributed by atoms with Crippen molar-refractivity contribution in [2.24, 2.45) is 0 Å². The molecule has 0 saturated heterocycles. The van der Waals surface area contributed by atoms with Gasteiger partial charge in [0.1, 0.15) is 6.54 Å². The molecule has 0 atom stereocenters. The van der Waals surface area contributed by atoms with E-state index >= 15 is 0 Å². The first-order valence-electron chi connectivity index (χ1n) is 6.45. The highest BCUT2D eigenvalue weighted by Gasteiger charge is 2.20. The van der Waals surface area contributed by atoms with Gasteiger partial charge in [0, 0.05) is 23.2 Å². The number of hydrogen-bond acceptors (Lipinski definition) is 2. The Morgan fingerprint density at radius 3 is 2.40 bits per heavy atom. The van der Waals surface area contributed by atoms with Crippen LogP contribution in [0.2, 0.25) is 5.02 Å². The molecule has 0 saturated carbocycles. The normalized spacial score (nSPS) is 11.1. The van der Waals surface area contributed by atoms with Gasteiger partial charge in [-0.1, -0.05) is 17.7 Å². The van der Waals surface area contributed by atoms with E-state index in [-0.39, 0.29) is 23.9 Å². The van der Waals surface area contributed by atoms with Gasteiger partial charge in [0.25, 0.3) is 0 Å². The fraction of sp³-hybridized carbons (Fsp3) is 0.467. The Balaban J connectivity index is 2.98. The monoisotopic (exact) mass is 296 g/mol. The van der Waals surface area contributed by atoms with E-state index in [1.54, 1.807) is 12.1 Å². The van der Waals surface area contributed by atoms with E-state index in [0.717, 1.165) is 5.56 Å². The number of nitrogens with zero attached hydrogens (tertiary/aromatic N) is 1. The molecule has 0 fully saturated rings. The number of aryl methyl sites for hydroxylation is 1. The van der Waals surface area contributed by atoms with Crippen molar-refractivity contribution < 1.29 is 9.59 Å². The maximum atomic E-state index is 12.0. The van der Waals surface area contributed by atoms with Gasteiger partial charge in [-0.15, -0.1) is 0 Å². The van der Waals surface area contributed by atoms with Crippen LogP contribution in [-0.2, 0) is 9.59 Å². The van der Waals surface area contributed by atoms with Crippen LogP contribution in [0.3, 0.4) is 0 Å². The van der Waals surface area contributed by atoms with Crippen molar-refractivity contribution in [1.29, 1.82) is 0 Å². The van der Waals surface area contributed by atoms with Crippen LogP contribution in [0.25, 0.3) is 0 Å². The molecule has 4 nitrogen and oxygen atoms in total. The number of carbonyl (C=O) groups is 2. The molecule has 1 rings (SSSR count). The molecule has 110 valence electrons. The summed E-state index contributed by atoms with van der Waals surface area (Å²) in [6, 6.07) is 5.28. The Labute approximate surface area is 125 Å². The van der Waals surface area contributed by atoms with Crippen molar-refractivity contribution in [2.75, 3.05) is 11.4 Å². The molecule has 0 aliphatic heterocycles. The molecule has 0 bridgehead atoms. The lowest BCUT2D eigenvalue weighted by molar-refractivity contribution is -0.124. The molecule has 0 unspecified atom stereocenters. The van der Waals surface area contributed by atoms with Gasteiger partial charge >= 0.3 is 0 Å². The standard InChI is InChI=1S/C15H21ClN2O2/c1-10-6-7-12(16)8-13(10)18(11(2)19)9-14(20)17-15(3,4)5/h6-8H,9H2,1-5H3,(H,17,20). The van der Waals surface area contributed by atoms with Crippen molar-refractivity contribution in [3.05, 3.63) is 28.8 Å². The second-order valence-corrected chi connectivity index (χ2v) is 6.27. The molecule has 0 aliphatic carbocycles. The summed E-state index contributed by atoms with van der Waals surface area (Å²) in [5.74, 6) is -0.397. The van der Waals surface area contributed by atoms with Gasteiger partial charge in [0.2, 0.25) is 11.8 Å². The number of hydrogen-bond donors (Lipinski definition) is 1. The minimum atomic E-state index is -0.330. The van der Waals surface area contributed by atoms with E-state index in [0.29, 0.717) is 10.7 Å². The van der Waals surface area contributed by atoms with E-state index in [1.165, 1.54) is 11.8 Å². The summed E-state index contributed by atoms with van der Waals surface area (Å²) >= 11 is 5.97. The van der Waals surface area contributed by atoms with E-state index in [2.05, 4.69) is 5.32 Å². The molecule has 1 N–H and O–H groups in total. The zero-order valence-electron chi connectivity index (χ0n) is 12.6. The van der Waals surface area contributed by atoms with E-state index in [1.807, 2.05) is 33.8 Å². The predicted molar refractivity (Wildman–Crippen MR) is 82.1 cm³/mol. The largest absolute Gasteiger partial charge is 0.350 e. The molecule has 0 spiro atoms. The quantitative estimate of drug-likeness (QED) is 0.932. The molecule has 1 aromatic rings. The Kier molecular flexibility index (Phi) is 5.17. The SMILES string of the molecule is CC(=O)N(CC(=O)NC(C)(C)C)c1cc(Cl)ccc1C. The Bertz CT molecular complexity index is 521. The van der Waals surface area contributed by atoms with Gasteiger partial charge < -0.3 is 10.2 Å². The van der Waals surface area contributed by atoms with Crippen LogP contribution in [0.1, 0.15) is 33.3 Å². The third-order valence-corrected chi connectivity index (χ3v) is 2.89. The summed E-state index contributed by atoms with van der Waals surface area (Å²) in [5, 5.41) is 3.38. The van der Waals surface area contributed by atoms with E-state index in [9.17, 15) is 9.59 Å². The molecule has 0 aliphatic rings. The summed E-state index contributed by atoms with van der Waals surface area (Å²) < 4.78 is 0. The summed E-state index contributed by atoms with van der Waals surface area (Å²) in [6.07, 6.45) is 0. The van der Waals surface area contributed by atoms with Crippen molar-refractivity contribution in [2.45, 2.75) is 40.2 Å². The second kappa shape index (κ2) is 6.27. The maximum Gasteiger partial charge on any atom is 0.240 e. The summed E-state index contributed by atoms with van der Waals surface area (Å²) in [7, 11) is 0. The van der Waals surface area contributed by atoms with Crippen molar-refractivity contribution in [3.8, 4) is 0 Å².